The van der Waals surface area contributed by atoms with Crippen LogP contribution in [0, 0.1) is 0 Å². The van der Waals surface area contributed by atoms with Crippen molar-refractivity contribution in [1.29, 1.82) is 0 Å². The Balaban J connectivity index is 2.83. The van der Waals surface area contributed by atoms with Crippen molar-refractivity contribution >= 4 is 23.4 Å². The van der Waals surface area contributed by atoms with E-state index in [1.54, 1.807) is 6.20 Å². The van der Waals surface area contributed by atoms with Gasteiger partial charge in [0.2, 0.25) is 5.95 Å². The van der Waals surface area contributed by atoms with Crippen LogP contribution in [0.1, 0.15) is 27.2 Å². The number of anilines is 2. The maximum Gasteiger partial charge on any atom is 0.224 e. The quantitative estimate of drug-likeness (QED) is 0.729. The number of aliphatic hydroxyl groups excluding tert-OH is 1. The number of hydrogen-bond donors (Lipinski definition) is 3. The van der Waals surface area contributed by atoms with Crippen molar-refractivity contribution in [2.45, 2.75) is 32.7 Å². The summed E-state index contributed by atoms with van der Waals surface area (Å²) in [5.74, 6) is 1.06. The first-order valence-corrected chi connectivity index (χ1v) is 6.02. The normalized spacial score (nSPS) is 11.4. The summed E-state index contributed by atoms with van der Waals surface area (Å²) in [5, 5.41) is 15.8. The summed E-state index contributed by atoms with van der Waals surface area (Å²) in [6.45, 7) is 6.60. The predicted octanol–water partition coefficient (Wildman–Crippen LogP) is 2.13. The average Bonchev–Trinajstić information content (AvgIpc) is 2.30. The van der Waals surface area contributed by atoms with Crippen LogP contribution in [0.5, 0.6) is 0 Å². The number of aliphatic hydroxyl groups is 1. The molecule has 17 heavy (non-hydrogen) atoms. The lowest BCUT2D eigenvalue weighted by Crippen LogP contribution is -2.35. The zero-order valence-corrected chi connectivity index (χ0v) is 11.2. The van der Waals surface area contributed by atoms with Crippen molar-refractivity contribution in [2.24, 2.45) is 0 Å². The van der Waals surface area contributed by atoms with E-state index < -0.39 is 5.54 Å². The van der Waals surface area contributed by atoms with E-state index in [0.29, 0.717) is 16.8 Å². The predicted molar refractivity (Wildman–Crippen MR) is 70.6 cm³/mol. The lowest BCUT2D eigenvalue weighted by Gasteiger charge is -2.24. The van der Waals surface area contributed by atoms with Crippen LogP contribution in [-0.4, -0.2) is 33.8 Å². The van der Waals surface area contributed by atoms with Gasteiger partial charge in [-0.25, -0.2) is 4.98 Å². The largest absolute Gasteiger partial charge is 0.394 e. The fourth-order valence-electron chi connectivity index (χ4n) is 1.14. The highest BCUT2D eigenvalue weighted by Crippen LogP contribution is 2.22. The van der Waals surface area contributed by atoms with E-state index in [2.05, 4.69) is 27.5 Å². The molecule has 0 fully saturated rings. The Hall–Kier alpha value is -1.07. The number of nitrogens with one attached hydrogen (secondary N) is 2. The number of nitrogens with zero attached hydrogens (tertiary/aromatic N) is 2. The molecule has 0 atom stereocenters. The van der Waals surface area contributed by atoms with Gasteiger partial charge in [0.15, 0.2) is 5.82 Å². The standard InChI is InChI=1S/C11H19ClN4O/c1-4-5-13-10-14-6-8(12)9(15-10)16-11(2,3)7-17/h6,17H,4-5,7H2,1-3H3,(H2,13,14,15,16). The summed E-state index contributed by atoms with van der Waals surface area (Å²) in [7, 11) is 0. The Labute approximate surface area is 107 Å². The van der Waals surface area contributed by atoms with E-state index in [0.717, 1.165) is 13.0 Å². The smallest absolute Gasteiger partial charge is 0.224 e. The maximum absolute atomic E-state index is 9.19. The zero-order chi connectivity index (χ0) is 12.9. The monoisotopic (exact) mass is 258 g/mol. The van der Waals surface area contributed by atoms with Crippen molar-refractivity contribution in [3.8, 4) is 0 Å². The fourth-order valence-corrected chi connectivity index (χ4v) is 1.28. The molecule has 0 spiro atoms. The molecule has 96 valence electrons. The summed E-state index contributed by atoms with van der Waals surface area (Å²) in [4.78, 5) is 8.34. The summed E-state index contributed by atoms with van der Waals surface area (Å²) in [6.07, 6.45) is 2.54. The van der Waals surface area contributed by atoms with Gasteiger partial charge in [0.05, 0.1) is 18.3 Å². The molecule has 3 N–H and O–H groups in total. The number of hydrogen-bond acceptors (Lipinski definition) is 5. The average molecular weight is 259 g/mol. The molecule has 1 heterocycles. The van der Waals surface area contributed by atoms with E-state index in [1.807, 2.05) is 13.8 Å². The summed E-state index contributed by atoms with van der Waals surface area (Å²) < 4.78 is 0. The van der Waals surface area contributed by atoms with Gasteiger partial charge in [0.1, 0.15) is 5.02 Å². The first-order chi connectivity index (χ1) is 7.98. The fraction of sp³-hybridized carbons (Fsp3) is 0.636. The molecule has 0 saturated heterocycles. The minimum Gasteiger partial charge on any atom is -0.394 e. The Bertz CT molecular complexity index is 370. The molecule has 1 aromatic heterocycles. The minimum atomic E-state index is -0.472. The minimum absolute atomic E-state index is 0.00888. The second-order valence-corrected chi connectivity index (χ2v) is 4.89. The van der Waals surface area contributed by atoms with Gasteiger partial charge in [-0.3, -0.25) is 0 Å². The molecule has 0 saturated carbocycles. The molecule has 1 rings (SSSR count). The van der Waals surface area contributed by atoms with Gasteiger partial charge in [0.25, 0.3) is 0 Å². The Morgan fingerprint density at radius 1 is 1.47 bits per heavy atom. The topological polar surface area (TPSA) is 70.1 Å². The van der Waals surface area contributed by atoms with Crippen LogP contribution >= 0.6 is 11.6 Å². The van der Waals surface area contributed by atoms with Gasteiger partial charge >= 0.3 is 0 Å². The maximum atomic E-state index is 9.19. The van der Waals surface area contributed by atoms with E-state index in [-0.39, 0.29) is 6.61 Å². The first-order valence-electron chi connectivity index (χ1n) is 5.64. The van der Waals surface area contributed by atoms with Crippen LogP contribution in [0.3, 0.4) is 0 Å². The number of rotatable bonds is 6. The van der Waals surface area contributed by atoms with Crippen LogP contribution in [0.25, 0.3) is 0 Å². The SMILES string of the molecule is CCCNc1ncc(Cl)c(NC(C)(C)CO)n1. The van der Waals surface area contributed by atoms with E-state index >= 15 is 0 Å². The van der Waals surface area contributed by atoms with Gasteiger partial charge < -0.3 is 15.7 Å². The van der Waals surface area contributed by atoms with Gasteiger partial charge in [-0.2, -0.15) is 4.98 Å². The van der Waals surface area contributed by atoms with Crippen LogP contribution in [-0.2, 0) is 0 Å². The molecule has 0 aliphatic rings. The van der Waals surface area contributed by atoms with Crippen molar-refractivity contribution in [3.05, 3.63) is 11.2 Å². The third kappa shape index (κ3) is 4.36. The van der Waals surface area contributed by atoms with Gasteiger partial charge in [-0.15, -0.1) is 0 Å². The van der Waals surface area contributed by atoms with Crippen molar-refractivity contribution in [1.82, 2.24) is 9.97 Å². The third-order valence-corrected chi connectivity index (χ3v) is 2.41. The van der Waals surface area contributed by atoms with Crippen molar-refractivity contribution in [3.63, 3.8) is 0 Å². The molecule has 0 bridgehead atoms. The second kappa shape index (κ2) is 6.02. The zero-order valence-electron chi connectivity index (χ0n) is 10.4. The molecule has 1 aromatic rings. The molecule has 0 aromatic carbocycles. The first kappa shape index (κ1) is 14.0. The third-order valence-electron chi connectivity index (χ3n) is 2.13. The molecular formula is C11H19ClN4O. The van der Waals surface area contributed by atoms with Crippen LogP contribution < -0.4 is 10.6 Å². The lowest BCUT2D eigenvalue weighted by molar-refractivity contribution is 0.234. The Morgan fingerprint density at radius 3 is 2.76 bits per heavy atom. The molecule has 0 unspecified atom stereocenters. The molecule has 6 heteroatoms. The molecule has 0 radical (unpaired) electrons. The van der Waals surface area contributed by atoms with Crippen molar-refractivity contribution < 1.29 is 5.11 Å². The molecule has 0 amide bonds. The molecule has 0 aliphatic heterocycles. The highest BCUT2D eigenvalue weighted by Gasteiger charge is 2.18. The van der Waals surface area contributed by atoms with Crippen molar-refractivity contribution in [2.75, 3.05) is 23.8 Å². The van der Waals surface area contributed by atoms with E-state index in [9.17, 15) is 5.11 Å². The molecule has 0 aliphatic carbocycles. The van der Waals surface area contributed by atoms with Crippen LogP contribution in [0.4, 0.5) is 11.8 Å². The number of aromatic nitrogens is 2. The van der Waals surface area contributed by atoms with Crippen LogP contribution in [0.2, 0.25) is 5.02 Å². The second-order valence-electron chi connectivity index (χ2n) is 4.48. The van der Waals surface area contributed by atoms with Gasteiger partial charge in [-0.05, 0) is 20.3 Å². The summed E-state index contributed by atoms with van der Waals surface area (Å²) in [6, 6.07) is 0. The van der Waals surface area contributed by atoms with Gasteiger partial charge in [0, 0.05) is 6.54 Å². The Morgan fingerprint density at radius 2 is 2.18 bits per heavy atom. The van der Waals surface area contributed by atoms with Gasteiger partial charge in [-0.1, -0.05) is 18.5 Å². The molecule has 5 nitrogen and oxygen atoms in total. The van der Waals surface area contributed by atoms with Crippen LogP contribution in [0.15, 0.2) is 6.20 Å². The summed E-state index contributed by atoms with van der Waals surface area (Å²) >= 11 is 6.00. The Kier molecular flexibility index (Phi) is 4.96. The highest BCUT2D eigenvalue weighted by atomic mass is 35.5. The van der Waals surface area contributed by atoms with E-state index in [1.165, 1.54) is 0 Å². The highest BCUT2D eigenvalue weighted by molar-refractivity contribution is 6.32. The van der Waals surface area contributed by atoms with E-state index in [4.69, 9.17) is 11.6 Å². The number of halogens is 1. The summed E-state index contributed by atoms with van der Waals surface area (Å²) in [5.41, 5.74) is -0.472. The molecular weight excluding hydrogens is 240 g/mol. The lowest BCUT2D eigenvalue weighted by atomic mass is 10.1.